The molecule has 1 atom stereocenters. The Morgan fingerprint density at radius 2 is 2.00 bits per heavy atom. The van der Waals surface area contributed by atoms with Crippen molar-refractivity contribution in [2.75, 3.05) is 5.73 Å². The summed E-state index contributed by atoms with van der Waals surface area (Å²) in [6, 6.07) is 2.52. The van der Waals surface area contributed by atoms with Crippen molar-refractivity contribution in [3.8, 4) is 5.75 Å². The quantitative estimate of drug-likeness (QED) is 0.539. The van der Waals surface area contributed by atoms with Crippen molar-refractivity contribution in [1.29, 1.82) is 0 Å². The van der Waals surface area contributed by atoms with Gasteiger partial charge in [-0.05, 0) is 24.8 Å². The Bertz CT molecular complexity index is 369. The van der Waals surface area contributed by atoms with Crippen LogP contribution in [0, 0.1) is 11.7 Å². The molecule has 5 heteroatoms. The van der Waals surface area contributed by atoms with Crippen LogP contribution in [0.4, 0.5) is 10.1 Å². The number of halogens is 2. The lowest BCUT2D eigenvalue weighted by molar-refractivity contribution is 0.454. The summed E-state index contributed by atoms with van der Waals surface area (Å²) in [4.78, 5) is 0. The van der Waals surface area contributed by atoms with E-state index in [9.17, 15) is 9.50 Å². The second kappa shape index (κ2) is 4.24. The minimum absolute atomic E-state index is 0. The van der Waals surface area contributed by atoms with Gasteiger partial charge in [0.2, 0.25) is 0 Å². The highest BCUT2D eigenvalue weighted by Crippen LogP contribution is 2.43. The van der Waals surface area contributed by atoms with E-state index >= 15 is 0 Å². The number of benzene rings is 1. The molecule has 15 heavy (non-hydrogen) atoms. The average molecular weight is 233 g/mol. The molecule has 3 nitrogen and oxygen atoms in total. The van der Waals surface area contributed by atoms with Crippen LogP contribution < -0.4 is 11.5 Å². The zero-order chi connectivity index (χ0) is 10.3. The van der Waals surface area contributed by atoms with Crippen molar-refractivity contribution < 1.29 is 9.50 Å². The maximum Gasteiger partial charge on any atom is 0.149 e. The fourth-order valence-electron chi connectivity index (χ4n) is 1.58. The van der Waals surface area contributed by atoms with Crippen molar-refractivity contribution in [2.45, 2.75) is 18.9 Å². The maximum absolute atomic E-state index is 12.9. The first-order valence-corrected chi connectivity index (χ1v) is 4.63. The van der Waals surface area contributed by atoms with Gasteiger partial charge < -0.3 is 16.6 Å². The van der Waals surface area contributed by atoms with E-state index in [4.69, 9.17) is 11.5 Å². The van der Waals surface area contributed by atoms with Gasteiger partial charge in [-0.25, -0.2) is 4.39 Å². The van der Waals surface area contributed by atoms with Crippen LogP contribution in [0.3, 0.4) is 0 Å². The highest BCUT2D eigenvalue weighted by Gasteiger charge is 2.31. The molecule has 1 aromatic carbocycles. The molecule has 0 unspecified atom stereocenters. The van der Waals surface area contributed by atoms with Gasteiger partial charge in [0.15, 0.2) is 0 Å². The summed E-state index contributed by atoms with van der Waals surface area (Å²) in [5, 5.41) is 9.58. The zero-order valence-electron chi connectivity index (χ0n) is 8.11. The molecule has 0 saturated heterocycles. The van der Waals surface area contributed by atoms with E-state index in [1.165, 1.54) is 12.1 Å². The molecule has 1 aliphatic carbocycles. The summed E-state index contributed by atoms with van der Waals surface area (Å²) >= 11 is 0. The predicted octanol–water partition coefficient (Wildman–Crippen LogP) is 1.95. The largest absolute Gasteiger partial charge is 0.505 e. The Morgan fingerprint density at radius 3 is 2.53 bits per heavy atom. The number of hydrogen-bond acceptors (Lipinski definition) is 3. The molecule has 1 aromatic rings. The van der Waals surface area contributed by atoms with E-state index < -0.39 is 5.82 Å². The van der Waals surface area contributed by atoms with E-state index in [-0.39, 0.29) is 29.9 Å². The molecule has 0 spiro atoms. The molecule has 0 amide bonds. The molecule has 0 bridgehead atoms. The predicted molar refractivity (Wildman–Crippen MR) is 59.4 cm³/mol. The molecule has 0 radical (unpaired) electrons. The van der Waals surface area contributed by atoms with Gasteiger partial charge in [-0.1, -0.05) is 6.07 Å². The highest BCUT2D eigenvalue weighted by molar-refractivity contribution is 5.85. The number of phenolic OH excluding ortho intramolecular Hbond substituents is 1. The molecule has 1 saturated carbocycles. The first-order valence-electron chi connectivity index (χ1n) is 4.63. The Labute approximate surface area is 93.7 Å². The van der Waals surface area contributed by atoms with Crippen LogP contribution in [-0.2, 0) is 0 Å². The van der Waals surface area contributed by atoms with Crippen molar-refractivity contribution >= 4 is 18.1 Å². The number of rotatable bonds is 2. The van der Waals surface area contributed by atoms with Gasteiger partial charge in [0.25, 0.3) is 0 Å². The number of nitrogens with two attached hydrogens (primary N) is 2. The van der Waals surface area contributed by atoms with Crippen molar-refractivity contribution in [3.05, 3.63) is 23.5 Å². The Balaban J connectivity index is 0.00000112. The molecular weight excluding hydrogens is 219 g/mol. The first kappa shape index (κ1) is 12.1. The summed E-state index contributed by atoms with van der Waals surface area (Å²) in [6.45, 7) is 0. The molecule has 5 N–H and O–H groups in total. The molecule has 0 aromatic heterocycles. The fraction of sp³-hybridized carbons (Fsp3) is 0.400. The lowest BCUT2D eigenvalue weighted by Crippen LogP contribution is -2.13. The second-order valence-electron chi connectivity index (χ2n) is 3.76. The molecular formula is C10H14ClFN2O. The summed E-state index contributed by atoms with van der Waals surface area (Å²) in [7, 11) is 0. The van der Waals surface area contributed by atoms with E-state index in [1.54, 1.807) is 0 Å². The van der Waals surface area contributed by atoms with Gasteiger partial charge >= 0.3 is 0 Å². The number of hydrogen-bond donors (Lipinski definition) is 3. The van der Waals surface area contributed by atoms with Crippen LogP contribution in [0.15, 0.2) is 12.1 Å². The molecule has 0 aliphatic heterocycles. The first-order chi connectivity index (χ1) is 6.61. The van der Waals surface area contributed by atoms with Crippen LogP contribution in [0.25, 0.3) is 0 Å². The summed E-state index contributed by atoms with van der Waals surface area (Å²) in [5.74, 6) is -0.399. The van der Waals surface area contributed by atoms with Crippen LogP contribution in [0.1, 0.15) is 24.4 Å². The standard InChI is InChI=1S/C10H13FN2O.ClH/c11-7-4-3-6(10(14)9(7)13)8(12)5-1-2-5;/h3-5,8,14H,1-2,12-13H2;1H/t8-;/m0./s1. The topological polar surface area (TPSA) is 72.3 Å². The normalized spacial score (nSPS) is 16.9. The third kappa shape index (κ3) is 2.16. The summed E-state index contributed by atoms with van der Waals surface area (Å²) in [6.07, 6.45) is 2.13. The van der Waals surface area contributed by atoms with Crippen molar-refractivity contribution in [3.63, 3.8) is 0 Å². The molecule has 0 heterocycles. The number of nitrogen functional groups attached to an aromatic ring is 1. The van der Waals surface area contributed by atoms with Crippen LogP contribution >= 0.6 is 12.4 Å². The molecule has 1 aliphatic rings. The van der Waals surface area contributed by atoms with Gasteiger partial charge in [0, 0.05) is 11.6 Å². The van der Waals surface area contributed by atoms with Crippen molar-refractivity contribution in [2.24, 2.45) is 11.7 Å². The van der Waals surface area contributed by atoms with E-state index in [2.05, 4.69) is 0 Å². The third-order valence-electron chi connectivity index (χ3n) is 2.68. The summed E-state index contributed by atoms with van der Waals surface area (Å²) < 4.78 is 12.9. The van der Waals surface area contributed by atoms with Crippen LogP contribution in [0.5, 0.6) is 5.75 Å². The fourth-order valence-corrected chi connectivity index (χ4v) is 1.58. The lowest BCUT2D eigenvalue weighted by Gasteiger charge is -2.14. The number of anilines is 1. The number of phenols is 1. The minimum atomic E-state index is -0.603. The van der Waals surface area contributed by atoms with Gasteiger partial charge in [0.05, 0.1) is 0 Å². The van der Waals surface area contributed by atoms with E-state index in [0.29, 0.717) is 11.5 Å². The zero-order valence-corrected chi connectivity index (χ0v) is 8.93. The highest BCUT2D eigenvalue weighted by atomic mass is 35.5. The third-order valence-corrected chi connectivity index (χ3v) is 2.68. The molecule has 2 rings (SSSR count). The van der Waals surface area contributed by atoms with Gasteiger partial charge in [-0.2, -0.15) is 0 Å². The number of aromatic hydroxyl groups is 1. The second-order valence-corrected chi connectivity index (χ2v) is 3.76. The van der Waals surface area contributed by atoms with Crippen LogP contribution in [0.2, 0.25) is 0 Å². The SMILES string of the molecule is Cl.Nc1c(F)ccc([C@@H](N)C2CC2)c1O. The lowest BCUT2D eigenvalue weighted by atomic mass is 10.0. The Hall–Kier alpha value is -1.00. The Kier molecular flexibility index (Phi) is 3.42. The van der Waals surface area contributed by atoms with Crippen molar-refractivity contribution in [1.82, 2.24) is 0 Å². The van der Waals surface area contributed by atoms with Gasteiger partial charge in [-0.3, -0.25) is 0 Å². The minimum Gasteiger partial charge on any atom is -0.505 e. The van der Waals surface area contributed by atoms with Crippen LogP contribution in [-0.4, -0.2) is 5.11 Å². The monoisotopic (exact) mass is 232 g/mol. The smallest absolute Gasteiger partial charge is 0.149 e. The molecule has 84 valence electrons. The van der Waals surface area contributed by atoms with E-state index in [1.807, 2.05) is 0 Å². The Morgan fingerprint density at radius 1 is 1.40 bits per heavy atom. The van der Waals surface area contributed by atoms with Gasteiger partial charge in [-0.15, -0.1) is 12.4 Å². The van der Waals surface area contributed by atoms with Gasteiger partial charge in [0.1, 0.15) is 17.3 Å². The van der Waals surface area contributed by atoms with E-state index in [0.717, 1.165) is 12.8 Å². The average Bonchev–Trinajstić information content (AvgIpc) is 2.97. The summed E-state index contributed by atoms with van der Waals surface area (Å²) in [5.41, 5.74) is 11.6. The maximum atomic E-state index is 12.9. The molecule has 1 fully saturated rings.